The molecular formula is C8H9Br2N5. The van der Waals surface area contributed by atoms with Gasteiger partial charge >= 0.3 is 0 Å². The first kappa shape index (κ1) is 10.7. The highest BCUT2D eigenvalue weighted by Gasteiger charge is 2.08. The van der Waals surface area contributed by atoms with Gasteiger partial charge < -0.3 is 5.73 Å². The summed E-state index contributed by atoms with van der Waals surface area (Å²) < 4.78 is 5.34. The van der Waals surface area contributed by atoms with Gasteiger partial charge in [0.1, 0.15) is 0 Å². The lowest BCUT2D eigenvalue weighted by molar-refractivity contribution is 0.620. The number of aromatic nitrogens is 4. The number of nitrogen functional groups attached to an aromatic ring is 1. The topological polar surface area (TPSA) is 61.7 Å². The molecular weight excluding hydrogens is 326 g/mol. The van der Waals surface area contributed by atoms with E-state index in [2.05, 4.69) is 42.1 Å². The Kier molecular flexibility index (Phi) is 2.83. The molecule has 0 aliphatic rings. The molecule has 2 heterocycles. The molecule has 2 rings (SSSR count). The Morgan fingerprint density at radius 3 is 2.60 bits per heavy atom. The van der Waals surface area contributed by atoms with Gasteiger partial charge in [0, 0.05) is 13.2 Å². The smallest absolute Gasteiger partial charge is 0.159 e. The van der Waals surface area contributed by atoms with Crippen LogP contribution in [0.15, 0.2) is 21.3 Å². The van der Waals surface area contributed by atoms with Crippen LogP contribution in [0.2, 0.25) is 0 Å². The van der Waals surface area contributed by atoms with Gasteiger partial charge in [-0.1, -0.05) is 0 Å². The Labute approximate surface area is 104 Å². The average Bonchev–Trinajstić information content (AvgIpc) is 2.64. The SMILES string of the molecule is Cn1ncc(Br)c1Cn1cc(Br)c(N)n1. The van der Waals surface area contributed by atoms with E-state index in [9.17, 15) is 0 Å². The van der Waals surface area contributed by atoms with Gasteiger partial charge in [-0.25, -0.2) is 0 Å². The van der Waals surface area contributed by atoms with Crippen molar-refractivity contribution in [2.45, 2.75) is 6.54 Å². The zero-order valence-electron chi connectivity index (χ0n) is 7.98. The van der Waals surface area contributed by atoms with Crippen molar-refractivity contribution in [1.82, 2.24) is 19.6 Å². The third-order valence-corrected chi connectivity index (χ3v) is 3.34. The number of aryl methyl sites for hydroxylation is 1. The summed E-state index contributed by atoms with van der Waals surface area (Å²) in [5, 5.41) is 8.28. The molecule has 0 saturated heterocycles. The maximum atomic E-state index is 5.63. The van der Waals surface area contributed by atoms with Gasteiger partial charge in [-0.05, 0) is 31.9 Å². The highest BCUT2D eigenvalue weighted by atomic mass is 79.9. The Hall–Kier alpha value is -0.820. The minimum absolute atomic E-state index is 0.494. The summed E-state index contributed by atoms with van der Waals surface area (Å²) in [4.78, 5) is 0. The quantitative estimate of drug-likeness (QED) is 0.910. The molecule has 2 N–H and O–H groups in total. The van der Waals surface area contributed by atoms with Gasteiger partial charge in [0.25, 0.3) is 0 Å². The minimum atomic E-state index is 0.494. The molecule has 0 spiro atoms. The van der Waals surface area contributed by atoms with Crippen molar-refractivity contribution in [2.75, 3.05) is 5.73 Å². The summed E-state index contributed by atoms with van der Waals surface area (Å²) in [6.45, 7) is 0.632. The number of hydrogen-bond acceptors (Lipinski definition) is 3. The highest BCUT2D eigenvalue weighted by Crippen LogP contribution is 2.20. The Morgan fingerprint density at radius 2 is 2.13 bits per heavy atom. The molecule has 15 heavy (non-hydrogen) atoms. The fourth-order valence-electron chi connectivity index (χ4n) is 1.26. The van der Waals surface area contributed by atoms with Gasteiger partial charge in [-0.15, -0.1) is 0 Å². The number of rotatable bonds is 2. The van der Waals surface area contributed by atoms with Crippen LogP contribution in [-0.4, -0.2) is 19.6 Å². The van der Waals surface area contributed by atoms with E-state index in [1.807, 2.05) is 13.2 Å². The van der Waals surface area contributed by atoms with Crippen molar-refractivity contribution in [2.24, 2.45) is 7.05 Å². The van der Waals surface area contributed by atoms with Gasteiger partial charge in [0.2, 0.25) is 0 Å². The lowest BCUT2D eigenvalue weighted by Crippen LogP contribution is -2.06. The second-order valence-electron chi connectivity index (χ2n) is 3.12. The summed E-state index contributed by atoms with van der Waals surface area (Å²) in [6.07, 6.45) is 3.60. The van der Waals surface area contributed by atoms with Crippen LogP contribution in [0.4, 0.5) is 5.82 Å². The van der Waals surface area contributed by atoms with Crippen molar-refractivity contribution < 1.29 is 0 Å². The van der Waals surface area contributed by atoms with E-state index >= 15 is 0 Å². The monoisotopic (exact) mass is 333 g/mol. The first-order valence-corrected chi connectivity index (χ1v) is 5.81. The largest absolute Gasteiger partial charge is 0.381 e. The zero-order valence-corrected chi connectivity index (χ0v) is 11.2. The summed E-state index contributed by atoms with van der Waals surface area (Å²) >= 11 is 6.75. The van der Waals surface area contributed by atoms with Crippen molar-refractivity contribution in [3.8, 4) is 0 Å². The number of hydrogen-bond donors (Lipinski definition) is 1. The van der Waals surface area contributed by atoms with Crippen LogP contribution >= 0.6 is 31.9 Å². The minimum Gasteiger partial charge on any atom is -0.381 e. The number of nitrogens with zero attached hydrogens (tertiary/aromatic N) is 4. The van der Waals surface area contributed by atoms with E-state index in [0.717, 1.165) is 14.6 Å². The Bertz CT molecular complexity index is 448. The third kappa shape index (κ3) is 2.07. The van der Waals surface area contributed by atoms with E-state index in [-0.39, 0.29) is 0 Å². The first-order chi connectivity index (χ1) is 7.08. The summed E-state index contributed by atoms with van der Waals surface area (Å²) in [5.74, 6) is 0.494. The maximum Gasteiger partial charge on any atom is 0.159 e. The molecule has 2 aromatic heterocycles. The third-order valence-electron chi connectivity index (χ3n) is 2.07. The number of anilines is 1. The molecule has 0 aromatic carbocycles. The zero-order chi connectivity index (χ0) is 11.0. The van der Waals surface area contributed by atoms with Crippen LogP contribution in [-0.2, 0) is 13.6 Å². The fraction of sp³-hybridized carbons (Fsp3) is 0.250. The van der Waals surface area contributed by atoms with Crippen molar-refractivity contribution in [1.29, 1.82) is 0 Å². The van der Waals surface area contributed by atoms with Gasteiger partial charge in [0.15, 0.2) is 5.82 Å². The lowest BCUT2D eigenvalue weighted by Gasteiger charge is -2.02. The lowest BCUT2D eigenvalue weighted by atomic mass is 10.4. The fourth-order valence-corrected chi connectivity index (χ4v) is 2.05. The molecule has 0 saturated carbocycles. The Morgan fingerprint density at radius 1 is 1.40 bits per heavy atom. The summed E-state index contributed by atoms with van der Waals surface area (Å²) in [7, 11) is 1.89. The second-order valence-corrected chi connectivity index (χ2v) is 4.83. The second kappa shape index (κ2) is 3.97. The predicted octanol–water partition coefficient (Wildman–Crippen LogP) is 1.77. The van der Waals surface area contributed by atoms with Crippen LogP contribution in [0.25, 0.3) is 0 Å². The van der Waals surface area contributed by atoms with E-state index in [4.69, 9.17) is 5.73 Å². The molecule has 0 fully saturated rings. The van der Waals surface area contributed by atoms with Crippen LogP contribution < -0.4 is 5.73 Å². The number of halogens is 2. The Balaban J connectivity index is 2.29. The summed E-state index contributed by atoms with van der Waals surface area (Å²) in [5.41, 5.74) is 6.68. The van der Waals surface area contributed by atoms with Crippen LogP contribution in [0.1, 0.15) is 5.69 Å². The molecule has 0 amide bonds. The summed E-state index contributed by atoms with van der Waals surface area (Å²) in [6, 6.07) is 0. The normalized spacial score (nSPS) is 10.9. The molecule has 0 unspecified atom stereocenters. The van der Waals surface area contributed by atoms with Crippen molar-refractivity contribution >= 4 is 37.7 Å². The van der Waals surface area contributed by atoms with Gasteiger partial charge in [-0.2, -0.15) is 10.2 Å². The average molecular weight is 335 g/mol. The first-order valence-electron chi connectivity index (χ1n) is 4.22. The van der Waals surface area contributed by atoms with Crippen molar-refractivity contribution in [3.63, 3.8) is 0 Å². The van der Waals surface area contributed by atoms with Gasteiger partial charge in [-0.3, -0.25) is 9.36 Å². The molecule has 5 nitrogen and oxygen atoms in total. The molecule has 80 valence electrons. The maximum absolute atomic E-state index is 5.63. The van der Waals surface area contributed by atoms with E-state index in [1.54, 1.807) is 15.6 Å². The van der Waals surface area contributed by atoms with Crippen LogP contribution in [0, 0.1) is 0 Å². The molecule has 2 aromatic rings. The standard InChI is InChI=1S/C8H9Br2N5/c1-14-7(5(9)2-12-14)4-15-3-6(10)8(11)13-15/h2-3H,4H2,1H3,(H2,11,13). The predicted molar refractivity (Wildman–Crippen MR) is 64.3 cm³/mol. The van der Waals surface area contributed by atoms with Crippen molar-refractivity contribution in [3.05, 3.63) is 27.0 Å². The van der Waals surface area contributed by atoms with Crippen LogP contribution in [0.5, 0.6) is 0 Å². The molecule has 0 atom stereocenters. The van der Waals surface area contributed by atoms with E-state index in [0.29, 0.717) is 12.4 Å². The molecule has 7 heteroatoms. The number of nitrogens with two attached hydrogens (primary N) is 1. The molecule has 0 bridgehead atoms. The van der Waals surface area contributed by atoms with E-state index < -0.39 is 0 Å². The van der Waals surface area contributed by atoms with Gasteiger partial charge in [0.05, 0.1) is 27.4 Å². The van der Waals surface area contributed by atoms with E-state index in [1.165, 1.54) is 0 Å². The molecule has 0 aliphatic heterocycles. The molecule has 0 radical (unpaired) electrons. The molecule has 0 aliphatic carbocycles. The highest BCUT2D eigenvalue weighted by molar-refractivity contribution is 9.10. The van der Waals surface area contributed by atoms with Crippen LogP contribution in [0.3, 0.4) is 0 Å².